The summed E-state index contributed by atoms with van der Waals surface area (Å²) in [6.07, 6.45) is 8.51. The molecule has 0 spiro atoms. The van der Waals surface area contributed by atoms with Crippen molar-refractivity contribution >= 4 is 10.9 Å². The van der Waals surface area contributed by atoms with E-state index < -0.39 is 0 Å². The van der Waals surface area contributed by atoms with Crippen molar-refractivity contribution in [1.29, 1.82) is 0 Å². The maximum absolute atomic E-state index is 3.77. The molecule has 2 aliphatic heterocycles. The highest BCUT2D eigenvalue weighted by molar-refractivity contribution is 5.85. The van der Waals surface area contributed by atoms with Gasteiger partial charge in [0.25, 0.3) is 0 Å². The molecule has 0 radical (unpaired) electrons. The molecule has 3 aliphatic rings. The second-order valence-electron chi connectivity index (χ2n) is 7.36. The molecule has 21 heavy (non-hydrogen) atoms. The second-order valence-corrected chi connectivity index (χ2v) is 7.36. The zero-order valence-electron chi connectivity index (χ0n) is 12.6. The fourth-order valence-corrected chi connectivity index (χ4v) is 5.28. The lowest BCUT2D eigenvalue weighted by atomic mass is 9.71. The van der Waals surface area contributed by atoms with Gasteiger partial charge in [0.05, 0.1) is 6.04 Å². The summed E-state index contributed by atoms with van der Waals surface area (Å²) in [6, 6.07) is 9.54. The Balaban J connectivity index is 1.56. The second kappa shape index (κ2) is 4.61. The first kappa shape index (κ1) is 12.3. The molecule has 2 heteroatoms. The smallest absolute Gasteiger partial charge is 0.0504 e. The average Bonchev–Trinajstić information content (AvgIpc) is 2.92. The van der Waals surface area contributed by atoms with Crippen LogP contribution in [-0.4, -0.2) is 23.0 Å². The number of hydrogen-bond acceptors (Lipinski definition) is 1. The average molecular weight is 280 g/mol. The largest absolute Gasteiger partial charge is 0.357 e. The van der Waals surface area contributed by atoms with Crippen molar-refractivity contribution < 1.29 is 0 Å². The predicted octanol–water partition coefficient (Wildman–Crippen LogP) is 4.28. The van der Waals surface area contributed by atoms with Gasteiger partial charge in [-0.25, -0.2) is 0 Å². The standard InChI is InChI=1S/C19H24N2/c1-2-6-14-12-21-10-9-16-15-7-3-4-8-17(15)20-19(16)18(21)11-13(14)5-1/h3-4,7-8,13-14,18,20H,1-2,5-6,9-12H2/t13-,14-,18-/m1/s1. The van der Waals surface area contributed by atoms with Crippen LogP contribution in [0, 0.1) is 11.8 Å². The highest BCUT2D eigenvalue weighted by Gasteiger charge is 2.40. The third kappa shape index (κ3) is 1.81. The van der Waals surface area contributed by atoms with Crippen LogP contribution in [0.25, 0.3) is 10.9 Å². The first-order chi connectivity index (χ1) is 10.4. The Hall–Kier alpha value is -1.28. The summed E-state index contributed by atoms with van der Waals surface area (Å²) in [5, 5.41) is 1.47. The number of hydrogen-bond donors (Lipinski definition) is 1. The molecule has 1 aromatic heterocycles. The number of aromatic nitrogens is 1. The topological polar surface area (TPSA) is 19.0 Å². The number of aromatic amines is 1. The van der Waals surface area contributed by atoms with E-state index in [1.165, 1.54) is 62.5 Å². The molecule has 1 aliphatic carbocycles. The van der Waals surface area contributed by atoms with E-state index in [1.807, 2.05) is 0 Å². The molecular weight excluding hydrogens is 256 g/mol. The van der Waals surface area contributed by atoms with Crippen LogP contribution in [0.15, 0.2) is 24.3 Å². The van der Waals surface area contributed by atoms with Gasteiger partial charge >= 0.3 is 0 Å². The third-order valence-electron chi connectivity index (χ3n) is 6.33. The lowest BCUT2D eigenvalue weighted by Gasteiger charge is -2.48. The number of nitrogens with zero attached hydrogens (tertiary/aromatic N) is 1. The van der Waals surface area contributed by atoms with Crippen LogP contribution in [0.1, 0.15) is 49.4 Å². The molecule has 110 valence electrons. The molecule has 2 fully saturated rings. The molecule has 3 atom stereocenters. The van der Waals surface area contributed by atoms with Crippen LogP contribution >= 0.6 is 0 Å². The van der Waals surface area contributed by atoms with Crippen LogP contribution in [0.3, 0.4) is 0 Å². The molecule has 0 unspecified atom stereocenters. The number of piperidine rings is 1. The van der Waals surface area contributed by atoms with Gasteiger partial charge in [-0.3, -0.25) is 4.90 Å². The zero-order valence-corrected chi connectivity index (χ0v) is 12.6. The van der Waals surface area contributed by atoms with E-state index in [1.54, 1.807) is 11.3 Å². The van der Waals surface area contributed by atoms with Gasteiger partial charge in [0, 0.05) is 29.7 Å². The van der Waals surface area contributed by atoms with Gasteiger partial charge in [0.1, 0.15) is 0 Å². The number of fused-ring (bicyclic) bond motifs is 6. The van der Waals surface area contributed by atoms with Crippen LogP contribution in [0.2, 0.25) is 0 Å². The lowest BCUT2D eigenvalue weighted by molar-refractivity contribution is 0.0308. The SMILES string of the molecule is c1ccc2c3c([nH]c2c1)[C@H]1C[C@H]2CCCC[C@@H]2CN1CC3. The van der Waals surface area contributed by atoms with Gasteiger partial charge in [-0.2, -0.15) is 0 Å². The Morgan fingerprint density at radius 3 is 2.86 bits per heavy atom. The highest BCUT2D eigenvalue weighted by atomic mass is 15.2. The molecular formula is C19H24N2. The molecule has 5 rings (SSSR count). The quantitative estimate of drug-likeness (QED) is 0.763. The summed E-state index contributed by atoms with van der Waals surface area (Å²) in [5.74, 6) is 1.97. The first-order valence-electron chi connectivity index (χ1n) is 8.73. The summed E-state index contributed by atoms with van der Waals surface area (Å²) < 4.78 is 0. The zero-order chi connectivity index (χ0) is 13.8. The van der Waals surface area contributed by atoms with Gasteiger partial charge in [0.15, 0.2) is 0 Å². The van der Waals surface area contributed by atoms with Crippen LogP contribution in [-0.2, 0) is 6.42 Å². The summed E-state index contributed by atoms with van der Waals surface area (Å²) in [6.45, 7) is 2.62. The first-order valence-corrected chi connectivity index (χ1v) is 8.73. The molecule has 1 saturated carbocycles. The van der Waals surface area contributed by atoms with Crippen molar-refractivity contribution in [1.82, 2.24) is 9.88 Å². The van der Waals surface area contributed by atoms with Crippen molar-refractivity contribution in [2.75, 3.05) is 13.1 Å². The molecule has 1 aromatic carbocycles. The van der Waals surface area contributed by atoms with E-state index in [4.69, 9.17) is 0 Å². The summed E-state index contributed by atoms with van der Waals surface area (Å²) in [5.41, 5.74) is 4.50. The summed E-state index contributed by atoms with van der Waals surface area (Å²) >= 11 is 0. The van der Waals surface area contributed by atoms with Crippen molar-refractivity contribution in [2.24, 2.45) is 11.8 Å². The van der Waals surface area contributed by atoms with E-state index >= 15 is 0 Å². The van der Waals surface area contributed by atoms with Crippen molar-refractivity contribution in [3.05, 3.63) is 35.5 Å². The number of nitrogens with one attached hydrogen (secondary N) is 1. The number of H-pyrrole nitrogens is 1. The van der Waals surface area contributed by atoms with Crippen molar-refractivity contribution in [3.8, 4) is 0 Å². The normalized spacial score (nSPS) is 32.5. The molecule has 1 saturated heterocycles. The summed E-state index contributed by atoms with van der Waals surface area (Å²) in [7, 11) is 0. The fraction of sp³-hybridized carbons (Fsp3) is 0.579. The highest BCUT2D eigenvalue weighted by Crippen LogP contribution is 2.46. The van der Waals surface area contributed by atoms with Gasteiger partial charge in [-0.1, -0.05) is 37.5 Å². The maximum atomic E-state index is 3.77. The third-order valence-corrected chi connectivity index (χ3v) is 6.33. The molecule has 2 aromatic rings. The Bertz CT molecular complexity index is 671. The van der Waals surface area contributed by atoms with E-state index in [-0.39, 0.29) is 0 Å². The van der Waals surface area contributed by atoms with Crippen molar-refractivity contribution in [2.45, 2.75) is 44.6 Å². The number of para-hydroxylation sites is 1. The number of benzene rings is 1. The predicted molar refractivity (Wildman–Crippen MR) is 86.4 cm³/mol. The minimum atomic E-state index is 0.667. The Labute approximate surface area is 126 Å². The van der Waals surface area contributed by atoms with E-state index in [0.29, 0.717) is 6.04 Å². The summed E-state index contributed by atoms with van der Waals surface area (Å²) in [4.78, 5) is 6.55. The van der Waals surface area contributed by atoms with Gasteiger partial charge in [-0.15, -0.1) is 0 Å². The molecule has 3 heterocycles. The molecule has 1 N–H and O–H groups in total. The number of rotatable bonds is 0. The van der Waals surface area contributed by atoms with E-state index in [2.05, 4.69) is 34.1 Å². The molecule has 0 bridgehead atoms. The minimum Gasteiger partial charge on any atom is -0.357 e. The van der Waals surface area contributed by atoms with Crippen molar-refractivity contribution in [3.63, 3.8) is 0 Å². The Morgan fingerprint density at radius 1 is 1.05 bits per heavy atom. The van der Waals surface area contributed by atoms with Gasteiger partial charge in [0.2, 0.25) is 0 Å². The minimum absolute atomic E-state index is 0.667. The monoisotopic (exact) mass is 280 g/mol. The molecule has 2 nitrogen and oxygen atoms in total. The van der Waals surface area contributed by atoms with E-state index in [0.717, 1.165) is 11.8 Å². The van der Waals surface area contributed by atoms with Gasteiger partial charge in [-0.05, 0) is 42.7 Å². The van der Waals surface area contributed by atoms with Crippen LogP contribution < -0.4 is 0 Å². The van der Waals surface area contributed by atoms with Crippen LogP contribution in [0.4, 0.5) is 0 Å². The lowest BCUT2D eigenvalue weighted by Crippen LogP contribution is -2.46. The Morgan fingerprint density at radius 2 is 1.90 bits per heavy atom. The molecule has 0 amide bonds. The van der Waals surface area contributed by atoms with Crippen LogP contribution in [0.5, 0.6) is 0 Å². The maximum Gasteiger partial charge on any atom is 0.0504 e. The Kier molecular flexibility index (Phi) is 2.69. The van der Waals surface area contributed by atoms with E-state index in [9.17, 15) is 0 Å². The van der Waals surface area contributed by atoms with Gasteiger partial charge < -0.3 is 4.98 Å². The fourth-order valence-electron chi connectivity index (χ4n) is 5.28.